The van der Waals surface area contributed by atoms with Gasteiger partial charge < -0.3 is 24.8 Å². The van der Waals surface area contributed by atoms with Crippen molar-refractivity contribution in [1.29, 1.82) is 0 Å². The molecule has 0 aromatic heterocycles. The highest BCUT2D eigenvalue weighted by Gasteiger charge is 2.37. The van der Waals surface area contributed by atoms with Crippen molar-refractivity contribution in [1.82, 2.24) is 0 Å². The molecule has 1 saturated heterocycles. The van der Waals surface area contributed by atoms with Crippen LogP contribution in [0.2, 0.25) is 0 Å². The van der Waals surface area contributed by atoms with Gasteiger partial charge in [-0.15, -0.1) is 0 Å². The Bertz CT molecular complexity index is 245. The maximum atomic E-state index is 9.40. The van der Waals surface area contributed by atoms with Gasteiger partial charge in [0.25, 0.3) is 0 Å². The molecule has 1 heterocycles. The lowest BCUT2D eigenvalue weighted by atomic mass is 10.1. The predicted octanol–water partition coefficient (Wildman–Crippen LogP) is -1.25. The second-order valence-electron chi connectivity index (χ2n) is 3.08. The van der Waals surface area contributed by atoms with Gasteiger partial charge in [0.15, 0.2) is 6.29 Å². The summed E-state index contributed by atoms with van der Waals surface area (Å²) in [6.07, 6.45) is -4.71. The van der Waals surface area contributed by atoms with Crippen molar-refractivity contribution in [2.45, 2.75) is 24.6 Å². The van der Waals surface area contributed by atoms with Gasteiger partial charge in [-0.2, -0.15) is 0 Å². The number of aliphatic hydroxyl groups excluding tert-OH is 3. The normalized spacial score (nSPS) is 35.9. The van der Waals surface area contributed by atoms with Crippen molar-refractivity contribution >= 4 is 0 Å². The minimum atomic E-state index is -1.31. The van der Waals surface area contributed by atoms with Crippen LogP contribution in [0.15, 0.2) is 5.11 Å². The average Bonchev–Trinajstić information content (AvgIpc) is 2.24. The molecule has 0 aliphatic carbocycles. The fourth-order valence-electron chi connectivity index (χ4n) is 1.18. The highest BCUT2D eigenvalue weighted by Crippen LogP contribution is 2.16. The molecule has 1 aliphatic heterocycles. The summed E-state index contributed by atoms with van der Waals surface area (Å²) in [7, 11) is 0. The largest absolute Gasteiger partial charge is 0.388 e. The summed E-state index contributed by atoms with van der Waals surface area (Å²) in [5.41, 5.74) is 7.98. The van der Waals surface area contributed by atoms with E-state index >= 15 is 0 Å². The van der Waals surface area contributed by atoms with Gasteiger partial charge in [0.05, 0.1) is 13.2 Å². The van der Waals surface area contributed by atoms with E-state index in [9.17, 15) is 10.2 Å². The molecule has 1 rings (SSSR count). The molecule has 0 aromatic rings. The quantitative estimate of drug-likeness (QED) is 0.235. The van der Waals surface area contributed by atoms with Crippen molar-refractivity contribution in [3.05, 3.63) is 10.4 Å². The van der Waals surface area contributed by atoms with E-state index in [1.165, 1.54) is 0 Å². The van der Waals surface area contributed by atoms with Crippen LogP contribution in [0.3, 0.4) is 0 Å². The third-order valence-electron chi connectivity index (χ3n) is 1.99. The van der Waals surface area contributed by atoms with Gasteiger partial charge in [0.2, 0.25) is 0 Å². The standard InChI is InChI=1S/C7H13N3O5/c8-10-9-1-2-14-7-6(13)5(12)4(11)3-15-7/h4-7,11-13H,1-3H2/t4-,5-,6+,7-/m0/s1. The second-order valence-corrected chi connectivity index (χ2v) is 3.08. The molecule has 1 aliphatic rings. The summed E-state index contributed by atoms with van der Waals surface area (Å²) in [6, 6.07) is 0. The Morgan fingerprint density at radius 1 is 1.40 bits per heavy atom. The zero-order valence-corrected chi connectivity index (χ0v) is 7.93. The lowest BCUT2D eigenvalue weighted by Gasteiger charge is -2.34. The van der Waals surface area contributed by atoms with Crippen molar-refractivity contribution in [3.63, 3.8) is 0 Å². The van der Waals surface area contributed by atoms with Gasteiger partial charge >= 0.3 is 0 Å². The molecule has 1 fully saturated rings. The Labute approximate surface area is 85.7 Å². The molecule has 3 N–H and O–H groups in total. The van der Waals surface area contributed by atoms with Crippen molar-refractivity contribution in [2.75, 3.05) is 19.8 Å². The third kappa shape index (κ3) is 3.31. The molecule has 15 heavy (non-hydrogen) atoms. The Morgan fingerprint density at radius 3 is 2.80 bits per heavy atom. The van der Waals surface area contributed by atoms with Gasteiger partial charge in [-0.3, -0.25) is 0 Å². The van der Waals surface area contributed by atoms with Crippen LogP contribution in [0.1, 0.15) is 0 Å². The number of hydrogen-bond donors (Lipinski definition) is 3. The van der Waals surface area contributed by atoms with E-state index in [-0.39, 0.29) is 19.8 Å². The fraction of sp³-hybridized carbons (Fsp3) is 1.00. The Morgan fingerprint density at radius 2 is 2.13 bits per heavy atom. The molecular formula is C7H13N3O5. The van der Waals surface area contributed by atoms with E-state index in [1.807, 2.05) is 0 Å². The van der Waals surface area contributed by atoms with Crippen LogP contribution < -0.4 is 0 Å². The number of rotatable bonds is 4. The van der Waals surface area contributed by atoms with E-state index in [0.29, 0.717) is 0 Å². The molecule has 86 valence electrons. The second kappa shape index (κ2) is 5.86. The number of nitrogens with zero attached hydrogens (tertiary/aromatic N) is 3. The molecular weight excluding hydrogens is 206 g/mol. The minimum Gasteiger partial charge on any atom is -0.388 e. The zero-order valence-electron chi connectivity index (χ0n) is 7.93. The predicted molar refractivity (Wildman–Crippen MR) is 47.7 cm³/mol. The van der Waals surface area contributed by atoms with Crippen LogP contribution >= 0.6 is 0 Å². The number of aliphatic hydroxyl groups is 3. The monoisotopic (exact) mass is 219 g/mol. The average molecular weight is 219 g/mol. The maximum absolute atomic E-state index is 9.40. The molecule has 0 unspecified atom stereocenters. The first-order valence-electron chi connectivity index (χ1n) is 4.45. The Hall–Kier alpha value is -0.890. The van der Waals surface area contributed by atoms with Crippen LogP contribution in [0.25, 0.3) is 10.4 Å². The molecule has 8 heteroatoms. The molecule has 0 amide bonds. The molecule has 0 bridgehead atoms. The maximum Gasteiger partial charge on any atom is 0.186 e. The van der Waals surface area contributed by atoms with Crippen LogP contribution in [0.4, 0.5) is 0 Å². The third-order valence-corrected chi connectivity index (χ3v) is 1.99. The fourth-order valence-corrected chi connectivity index (χ4v) is 1.18. The SMILES string of the molecule is [N-]=[N+]=NCCO[C@H]1OC[C@H](O)[C@H](O)[C@H]1O. The number of hydrogen-bond acceptors (Lipinski definition) is 6. The van der Waals surface area contributed by atoms with E-state index in [2.05, 4.69) is 10.0 Å². The number of azide groups is 1. The van der Waals surface area contributed by atoms with Crippen molar-refractivity contribution in [2.24, 2.45) is 5.11 Å². The molecule has 0 saturated carbocycles. The van der Waals surface area contributed by atoms with Gasteiger partial charge in [0.1, 0.15) is 18.3 Å². The van der Waals surface area contributed by atoms with Gasteiger partial charge in [0, 0.05) is 11.5 Å². The minimum absolute atomic E-state index is 0.0780. The lowest BCUT2D eigenvalue weighted by molar-refractivity contribution is -0.268. The number of ether oxygens (including phenoxy) is 2. The smallest absolute Gasteiger partial charge is 0.186 e. The first-order valence-corrected chi connectivity index (χ1v) is 4.45. The molecule has 0 spiro atoms. The summed E-state index contributed by atoms with van der Waals surface area (Å²) < 4.78 is 9.94. The van der Waals surface area contributed by atoms with Gasteiger partial charge in [-0.1, -0.05) is 5.11 Å². The molecule has 0 aromatic carbocycles. The van der Waals surface area contributed by atoms with E-state index in [1.54, 1.807) is 0 Å². The highest BCUT2D eigenvalue weighted by atomic mass is 16.7. The van der Waals surface area contributed by atoms with Crippen LogP contribution in [-0.2, 0) is 9.47 Å². The van der Waals surface area contributed by atoms with E-state index in [4.69, 9.17) is 20.1 Å². The summed E-state index contributed by atoms with van der Waals surface area (Å²) >= 11 is 0. The molecule has 4 atom stereocenters. The first kappa shape index (κ1) is 12.2. The van der Waals surface area contributed by atoms with Gasteiger partial charge in [-0.05, 0) is 5.53 Å². The summed E-state index contributed by atoms with van der Waals surface area (Å²) in [5, 5.41) is 31.0. The van der Waals surface area contributed by atoms with Gasteiger partial charge in [-0.25, -0.2) is 0 Å². The Balaban J connectivity index is 2.32. The summed E-state index contributed by atoms with van der Waals surface area (Å²) in [5.74, 6) is 0. The molecule has 8 nitrogen and oxygen atoms in total. The van der Waals surface area contributed by atoms with Crippen molar-refractivity contribution in [3.8, 4) is 0 Å². The van der Waals surface area contributed by atoms with E-state index in [0.717, 1.165) is 0 Å². The van der Waals surface area contributed by atoms with Crippen LogP contribution in [0, 0.1) is 0 Å². The lowest BCUT2D eigenvalue weighted by Crippen LogP contribution is -2.53. The first-order chi connectivity index (χ1) is 7.16. The van der Waals surface area contributed by atoms with E-state index < -0.39 is 24.6 Å². The van der Waals surface area contributed by atoms with Crippen molar-refractivity contribution < 1.29 is 24.8 Å². The highest BCUT2D eigenvalue weighted by molar-refractivity contribution is 4.82. The summed E-state index contributed by atoms with van der Waals surface area (Å²) in [4.78, 5) is 2.52. The zero-order chi connectivity index (χ0) is 11.3. The Kier molecular flexibility index (Phi) is 4.76. The van der Waals surface area contributed by atoms with Crippen LogP contribution in [-0.4, -0.2) is 59.7 Å². The molecule has 0 radical (unpaired) electrons. The topological polar surface area (TPSA) is 128 Å². The van der Waals surface area contributed by atoms with Crippen LogP contribution in [0.5, 0.6) is 0 Å². The summed E-state index contributed by atoms with van der Waals surface area (Å²) in [6.45, 7) is 0.0841.